The number of hydrogen-bond acceptors (Lipinski definition) is 5. The first-order valence-electron chi connectivity index (χ1n) is 10.2. The topological polar surface area (TPSA) is 105 Å². The first kappa shape index (κ1) is 20.9. The van der Waals surface area contributed by atoms with E-state index in [1.165, 1.54) is 4.90 Å². The van der Waals surface area contributed by atoms with Gasteiger partial charge in [-0.1, -0.05) is 48.5 Å². The van der Waals surface area contributed by atoms with Gasteiger partial charge in [0.2, 0.25) is 5.91 Å². The number of hydrogen-bond donors (Lipinski definition) is 2. The molecular weight excluding hydrogens is 400 g/mol. The lowest BCUT2D eigenvalue weighted by molar-refractivity contribution is -0.159. The van der Waals surface area contributed by atoms with Gasteiger partial charge in [-0.05, 0) is 29.2 Å². The SMILES string of the molecule is C[C@H](NC(=O)OCC1c2ccccc2-c2ccccc21)C(=O)N1CCOC(C(=O)O)C1. The number of amides is 2. The van der Waals surface area contributed by atoms with Crippen LogP contribution in [-0.4, -0.2) is 66.4 Å². The maximum Gasteiger partial charge on any atom is 0.407 e. The van der Waals surface area contributed by atoms with Crippen molar-refractivity contribution >= 4 is 18.0 Å². The number of nitrogens with one attached hydrogen (secondary N) is 1. The Morgan fingerprint density at radius 1 is 1.13 bits per heavy atom. The largest absolute Gasteiger partial charge is 0.479 e. The van der Waals surface area contributed by atoms with Crippen molar-refractivity contribution in [3.63, 3.8) is 0 Å². The summed E-state index contributed by atoms with van der Waals surface area (Å²) in [6.07, 6.45) is -1.75. The molecule has 2 aliphatic rings. The van der Waals surface area contributed by atoms with Gasteiger partial charge < -0.3 is 24.8 Å². The number of rotatable bonds is 5. The molecule has 1 unspecified atom stereocenters. The van der Waals surface area contributed by atoms with Crippen molar-refractivity contribution in [1.82, 2.24) is 10.2 Å². The summed E-state index contributed by atoms with van der Waals surface area (Å²) in [7, 11) is 0. The molecule has 2 aromatic rings. The maximum absolute atomic E-state index is 12.6. The Morgan fingerprint density at radius 3 is 2.35 bits per heavy atom. The van der Waals surface area contributed by atoms with Crippen molar-refractivity contribution < 1.29 is 29.0 Å². The van der Waals surface area contributed by atoms with Gasteiger partial charge in [0.05, 0.1) is 13.2 Å². The van der Waals surface area contributed by atoms with Crippen LogP contribution in [0.1, 0.15) is 24.0 Å². The first-order chi connectivity index (χ1) is 15.0. The molecule has 2 aromatic carbocycles. The molecule has 1 aliphatic heterocycles. The first-order valence-corrected chi connectivity index (χ1v) is 10.2. The van der Waals surface area contributed by atoms with Crippen molar-refractivity contribution in [3.8, 4) is 11.1 Å². The standard InChI is InChI=1S/C23H24N2O6/c1-14(21(26)25-10-11-30-20(12-25)22(27)28)24-23(29)31-13-19-17-8-4-2-6-15(17)16-7-3-5-9-18(16)19/h2-9,14,19-20H,10-13H2,1H3,(H,24,29)(H,27,28)/t14-,20?/m0/s1. The summed E-state index contributed by atoms with van der Waals surface area (Å²) in [6, 6.07) is 15.2. The number of aliphatic carboxylic acids is 1. The minimum absolute atomic E-state index is 0.0507. The summed E-state index contributed by atoms with van der Waals surface area (Å²) in [6.45, 7) is 2.07. The summed E-state index contributed by atoms with van der Waals surface area (Å²) < 4.78 is 10.6. The molecule has 162 valence electrons. The van der Waals surface area contributed by atoms with E-state index in [0.717, 1.165) is 22.3 Å². The predicted molar refractivity (Wildman–Crippen MR) is 112 cm³/mol. The molecule has 0 aromatic heterocycles. The number of benzene rings is 2. The lowest BCUT2D eigenvalue weighted by atomic mass is 9.98. The van der Waals surface area contributed by atoms with Crippen LogP contribution in [0.2, 0.25) is 0 Å². The molecule has 0 radical (unpaired) electrons. The molecule has 1 heterocycles. The lowest BCUT2D eigenvalue weighted by Crippen LogP contribution is -2.54. The molecule has 1 fully saturated rings. The molecule has 1 saturated heterocycles. The third-order valence-electron chi connectivity index (χ3n) is 5.70. The number of carbonyl (C=O) groups excluding carboxylic acids is 2. The van der Waals surface area contributed by atoms with Crippen LogP contribution in [0.15, 0.2) is 48.5 Å². The van der Waals surface area contributed by atoms with Crippen LogP contribution in [0.3, 0.4) is 0 Å². The average Bonchev–Trinajstić information content (AvgIpc) is 3.11. The molecule has 0 spiro atoms. The predicted octanol–water partition coefficient (Wildman–Crippen LogP) is 2.23. The van der Waals surface area contributed by atoms with Crippen LogP contribution in [0.25, 0.3) is 11.1 Å². The normalized spacial score (nSPS) is 18.6. The number of alkyl carbamates (subject to hydrolysis) is 1. The monoisotopic (exact) mass is 424 g/mol. The Morgan fingerprint density at radius 2 is 1.74 bits per heavy atom. The second-order valence-corrected chi connectivity index (χ2v) is 7.67. The molecule has 1 aliphatic carbocycles. The minimum Gasteiger partial charge on any atom is -0.479 e. The lowest BCUT2D eigenvalue weighted by Gasteiger charge is -2.32. The van der Waals surface area contributed by atoms with Crippen LogP contribution < -0.4 is 5.32 Å². The highest BCUT2D eigenvalue weighted by Gasteiger charge is 2.32. The fourth-order valence-corrected chi connectivity index (χ4v) is 4.15. The smallest absolute Gasteiger partial charge is 0.407 e. The van der Waals surface area contributed by atoms with Gasteiger partial charge in [0, 0.05) is 12.5 Å². The van der Waals surface area contributed by atoms with Crippen molar-refractivity contribution in [1.29, 1.82) is 0 Å². The Kier molecular flexibility index (Phi) is 5.90. The van der Waals surface area contributed by atoms with Crippen molar-refractivity contribution in [2.24, 2.45) is 0 Å². The Bertz CT molecular complexity index is 962. The highest BCUT2D eigenvalue weighted by molar-refractivity contribution is 5.86. The van der Waals surface area contributed by atoms with E-state index in [0.29, 0.717) is 0 Å². The van der Waals surface area contributed by atoms with Gasteiger partial charge in [-0.3, -0.25) is 4.79 Å². The van der Waals surface area contributed by atoms with E-state index >= 15 is 0 Å². The molecule has 8 heteroatoms. The van der Waals surface area contributed by atoms with Gasteiger partial charge in [0.1, 0.15) is 12.6 Å². The zero-order chi connectivity index (χ0) is 22.0. The molecule has 4 rings (SSSR count). The molecule has 0 bridgehead atoms. The number of morpholine rings is 1. The van der Waals surface area contributed by atoms with E-state index in [4.69, 9.17) is 14.6 Å². The molecule has 2 amide bonds. The summed E-state index contributed by atoms with van der Waals surface area (Å²) in [4.78, 5) is 37.5. The molecule has 2 N–H and O–H groups in total. The Labute approximate surface area is 179 Å². The van der Waals surface area contributed by atoms with Gasteiger partial charge in [-0.15, -0.1) is 0 Å². The number of carboxylic acids is 1. The molecule has 31 heavy (non-hydrogen) atoms. The third kappa shape index (κ3) is 4.25. The maximum atomic E-state index is 12.6. The summed E-state index contributed by atoms with van der Waals surface area (Å²) in [5.74, 6) is -1.56. The molecule has 8 nitrogen and oxygen atoms in total. The fraction of sp³-hybridized carbons (Fsp3) is 0.348. The van der Waals surface area contributed by atoms with E-state index < -0.39 is 24.2 Å². The van der Waals surface area contributed by atoms with Gasteiger partial charge in [0.15, 0.2) is 6.10 Å². The van der Waals surface area contributed by atoms with E-state index in [-0.39, 0.29) is 38.1 Å². The second-order valence-electron chi connectivity index (χ2n) is 7.67. The minimum atomic E-state index is -1.12. The zero-order valence-electron chi connectivity index (χ0n) is 17.1. The van der Waals surface area contributed by atoms with Crippen molar-refractivity contribution in [2.45, 2.75) is 25.0 Å². The second kappa shape index (κ2) is 8.77. The van der Waals surface area contributed by atoms with Gasteiger partial charge in [-0.2, -0.15) is 0 Å². The Hall–Kier alpha value is -3.39. The molecule has 2 atom stereocenters. The highest BCUT2D eigenvalue weighted by atomic mass is 16.5. The van der Waals surface area contributed by atoms with E-state index in [1.54, 1.807) is 6.92 Å². The number of ether oxygens (including phenoxy) is 2. The van der Waals surface area contributed by atoms with E-state index in [2.05, 4.69) is 17.4 Å². The van der Waals surface area contributed by atoms with Crippen LogP contribution in [-0.2, 0) is 19.1 Å². The summed E-state index contributed by atoms with van der Waals surface area (Å²) in [5.41, 5.74) is 4.48. The number of fused-ring (bicyclic) bond motifs is 3. The average molecular weight is 424 g/mol. The van der Waals surface area contributed by atoms with Crippen LogP contribution in [0, 0.1) is 0 Å². The van der Waals surface area contributed by atoms with Crippen molar-refractivity contribution in [3.05, 3.63) is 59.7 Å². The van der Waals surface area contributed by atoms with Crippen LogP contribution in [0.5, 0.6) is 0 Å². The van der Waals surface area contributed by atoms with Gasteiger partial charge >= 0.3 is 12.1 Å². The fourth-order valence-electron chi connectivity index (χ4n) is 4.15. The summed E-state index contributed by atoms with van der Waals surface area (Å²) >= 11 is 0. The number of carboxylic acid groups (broad SMARTS) is 1. The molecule has 0 saturated carbocycles. The number of carbonyl (C=O) groups is 3. The Balaban J connectivity index is 1.35. The van der Waals surface area contributed by atoms with Crippen LogP contribution in [0.4, 0.5) is 4.79 Å². The quantitative estimate of drug-likeness (QED) is 0.763. The van der Waals surface area contributed by atoms with E-state index in [1.807, 2.05) is 36.4 Å². The zero-order valence-corrected chi connectivity index (χ0v) is 17.1. The van der Waals surface area contributed by atoms with E-state index in [9.17, 15) is 14.4 Å². The van der Waals surface area contributed by atoms with Gasteiger partial charge in [0.25, 0.3) is 0 Å². The molecular formula is C23H24N2O6. The number of nitrogens with zero attached hydrogens (tertiary/aromatic N) is 1. The van der Waals surface area contributed by atoms with Crippen LogP contribution >= 0.6 is 0 Å². The third-order valence-corrected chi connectivity index (χ3v) is 5.70. The van der Waals surface area contributed by atoms with Crippen molar-refractivity contribution in [2.75, 3.05) is 26.3 Å². The van der Waals surface area contributed by atoms with Gasteiger partial charge in [-0.25, -0.2) is 9.59 Å². The summed E-state index contributed by atoms with van der Waals surface area (Å²) in [5, 5.41) is 11.6. The highest BCUT2D eigenvalue weighted by Crippen LogP contribution is 2.44.